The van der Waals surface area contributed by atoms with Crippen molar-refractivity contribution in [2.24, 2.45) is 7.05 Å². The van der Waals surface area contributed by atoms with Crippen LogP contribution >= 0.6 is 23.2 Å². The highest BCUT2D eigenvalue weighted by Crippen LogP contribution is 2.40. The fraction of sp³-hybridized carbons (Fsp3) is 0.292. The molecule has 0 radical (unpaired) electrons. The van der Waals surface area contributed by atoms with Crippen LogP contribution in [0.2, 0.25) is 10.0 Å². The van der Waals surface area contributed by atoms with E-state index in [0.29, 0.717) is 33.6 Å². The molecule has 0 saturated heterocycles. The third kappa shape index (κ3) is 4.18. The molecule has 2 aromatic carbocycles. The summed E-state index contributed by atoms with van der Waals surface area (Å²) >= 11 is 12.4. The van der Waals surface area contributed by atoms with Crippen molar-refractivity contribution in [3.63, 3.8) is 0 Å². The second kappa shape index (κ2) is 9.08. The number of halogens is 2. The maximum atomic E-state index is 13.2. The minimum atomic E-state index is -0.877. The monoisotopic (exact) mass is 486 g/mol. The molecule has 0 saturated carbocycles. The fourth-order valence-corrected chi connectivity index (χ4v) is 4.65. The first-order valence-corrected chi connectivity index (χ1v) is 11.3. The minimum absolute atomic E-state index is 0.334. The number of hydrogen-bond donors (Lipinski definition) is 2. The Labute approximate surface area is 202 Å². The van der Waals surface area contributed by atoms with Crippen LogP contribution in [-0.2, 0) is 18.3 Å². The number of carbonyl (C=O) groups excluding carboxylic acids is 2. The molecule has 2 N–H and O–H groups in total. The Kier molecular flexibility index (Phi) is 6.36. The van der Waals surface area contributed by atoms with Crippen molar-refractivity contribution >= 4 is 40.8 Å². The van der Waals surface area contributed by atoms with Gasteiger partial charge in [0, 0.05) is 24.1 Å². The first-order chi connectivity index (χ1) is 15.7. The molecular formula is C24H24Cl2N4O3. The second-order valence-electron chi connectivity index (χ2n) is 7.94. The van der Waals surface area contributed by atoms with Gasteiger partial charge in [0.15, 0.2) is 0 Å². The lowest BCUT2D eigenvalue weighted by atomic mass is 9.82. The lowest BCUT2D eigenvalue weighted by Crippen LogP contribution is -2.50. The molecule has 4 rings (SSSR count). The number of carbonyl (C=O) groups is 2. The Morgan fingerprint density at radius 1 is 1.21 bits per heavy atom. The Bertz CT molecular complexity index is 1250. The second-order valence-corrected chi connectivity index (χ2v) is 8.76. The van der Waals surface area contributed by atoms with Crippen molar-refractivity contribution < 1.29 is 14.3 Å². The van der Waals surface area contributed by atoms with Gasteiger partial charge in [0.05, 0.1) is 22.8 Å². The molecule has 7 nitrogen and oxygen atoms in total. The molecule has 0 spiro atoms. The van der Waals surface area contributed by atoms with E-state index in [2.05, 4.69) is 15.7 Å². The van der Waals surface area contributed by atoms with Crippen LogP contribution in [0.3, 0.4) is 0 Å². The van der Waals surface area contributed by atoms with Crippen LogP contribution in [0.4, 0.5) is 5.82 Å². The highest BCUT2D eigenvalue weighted by molar-refractivity contribution is 6.42. The molecular weight excluding hydrogens is 463 g/mol. The van der Waals surface area contributed by atoms with Gasteiger partial charge in [-0.05, 0) is 54.8 Å². The first kappa shape index (κ1) is 23.1. The number of rotatable bonds is 5. The number of nitrogens with one attached hydrogen (secondary N) is 2. The quantitative estimate of drug-likeness (QED) is 0.556. The summed E-state index contributed by atoms with van der Waals surface area (Å²) in [6.07, 6.45) is 0.707. The van der Waals surface area contributed by atoms with Crippen LogP contribution in [0.25, 0.3) is 0 Å². The summed E-state index contributed by atoms with van der Waals surface area (Å²) < 4.78 is 6.99. The van der Waals surface area contributed by atoms with Crippen LogP contribution in [0.15, 0.2) is 36.4 Å². The van der Waals surface area contributed by atoms with E-state index in [4.69, 9.17) is 27.9 Å². The van der Waals surface area contributed by atoms with Crippen LogP contribution in [0.5, 0.6) is 5.75 Å². The normalized spacial score (nSPS) is 17.3. The van der Waals surface area contributed by atoms with Gasteiger partial charge in [-0.25, -0.2) is 0 Å². The summed E-state index contributed by atoms with van der Waals surface area (Å²) in [5.74, 6) is 0.123. The number of nitrogens with zero attached hydrogens (tertiary/aromatic N) is 2. The number of aromatic nitrogens is 2. The Morgan fingerprint density at radius 2 is 1.97 bits per heavy atom. The lowest BCUT2D eigenvalue weighted by Gasteiger charge is -2.32. The van der Waals surface area contributed by atoms with E-state index < -0.39 is 12.0 Å². The van der Waals surface area contributed by atoms with E-state index in [1.807, 2.05) is 19.9 Å². The van der Waals surface area contributed by atoms with E-state index in [-0.39, 0.29) is 11.8 Å². The van der Waals surface area contributed by atoms with Crippen molar-refractivity contribution in [1.29, 1.82) is 0 Å². The van der Waals surface area contributed by atoms with Gasteiger partial charge in [-0.1, -0.05) is 36.2 Å². The molecule has 1 aliphatic rings. The molecule has 2 heterocycles. The molecule has 0 bridgehead atoms. The third-order valence-corrected chi connectivity index (χ3v) is 6.69. The van der Waals surface area contributed by atoms with Crippen LogP contribution in [0, 0.1) is 6.92 Å². The number of amides is 2. The topological polar surface area (TPSA) is 85.3 Å². The molecule has 3 aromatic rings. The smallest absolute Gasteiger partial charge is 0.251 e. The SMILES string of the molecule is CCc1cc(C(=O)N[C@H]2C(=O)Nc3c(c(C)nn3C)[C@H]2c2ccc(Cl)c(Cl)c2)ccc1OC. The van der Waals surface area contributed by atoms with Gasteiger partial charge in [0.1, 0.15) is 17.6 Å². The van der Waals surface area contributed by atoms with Gasteiger partial charge in [0.25, 0.3) is 5.91 Å². The zero-order chi connectivity index (χ0) is 23.9. The average molecular weight is 487 g/mol. The fourth-order valence-electron chi connectivity index (χ4n) is 4.34. The number of hydrogen-bond acceptors (Lipinski definition) is 4. The van der Waals surface area contributed by atoms with Crippen molar-refractivity contribution in [2.45, 2.75) is 32.2 Å². The van der Waals surface area contributed by atoms with Crippen molar-refractivity contribution in [3.05, 3.63) is 74.4 Å². The van der Waals surface area contributed by atoms with Crippen LogP contribution in [0.1, 0.15) is 45.6 Å². The Hall–Kier alpha value is -3.03. The Balaban J connectivity index is 1.77. The molecule has 1 aromatic heterocycles. The maximum absolute atomic E-state index is 13.2. The highest BCUT2D eigenvalue weighted by Gasteiger charge is 2.41. The predicted molar refractivity (Wildman–Crippen MR) is 129 cm³/mol. The molecule has 2 atom stereocenters. The summed E-state index contributed by atoms with van der Waals surface area (Å²) in [7, 11) is 3.36. The van der Waals surface area contributed by atoms with E-state index in [9.17, 15) is 9.59 Å². The number of fused-ring (bicyclic) bond motifs is 1. The summed E-state index contributed by atoms with van der Waals surface area (Å²) in [6, 6.07) is 9.58. The van der Waals surface area contributed by atoms with Gasteiger partial charge in [-0.3, -0.25) is 14.3 Å². The molecule has 0 fully saturated rings. The van der Waals surface area contributed by atoms with E-state index in [0.717, 1.165) is 22.4 Å². The molecule has 172 valence electrons. The van der Waals surface area contributed by atoms with Gasteiger partial charge in [-0.2, -0.15) is 5.10 Å². The first-order valence-electron chi connectivity index (χ1n) is 10.5. The summed E-state index contributed by atoms with van der Waals surface area (Å²) in [4.78, 5) is 26.4. The summed E-state index contributed by atoms with van der Waals surface area (Å²) in [5, 5.41) is 11.1. The molecule has 2 amide bonds. The number of benzene rings is 2. The van der Waals surface area contributed by atoms with Crippen molar-refractivity contribution in [2.75, 3.05) is 12.4 Å². The third-order valence-electron chi connectivity index (χ3n) is 5.95. The van der Waals surface area contributed by atoms with Gasteiger partial charge in [-0.15, -0.1) is 0 Å². The zero-order valence-corrected chi connectivity index (χ0v) is 20.2. The number of anilines is 1. The van der Waals surface area contributed by atoms with Gasteiger partial charge in [0.2, 0.25) is 5.91 Å². The lowest BCUT2D eigenvalue weighted by molar-refractivity contribution is -0.118. The van der Waals surface area contributed by atoms with Crippen molar-refractivity contribution in [3.8, 4) is 5.75 Å². The highest BCUT2D eigenvalue weighted by atomic mass is 35.5. The predicted octanol–water partition coefficient (Wildman–Crippen LogP) is 4.49. The van der Waals surface area contributed by atoms with Crippen molar-refractivity contribution in [1.82, 2.24) is 15.1 Å². The van der Waals surface area contributed by atoms with E-state index in [1.54, 1.807) is 49.2 Å². The van der Waals surface area contributed by atoms with E-state index >= 15 is 0 Å². The summed E-state index contributed by atoms with van der Waals surface area (Å²) in [6.45, 7) is 3.86. The minimum Gasteiger partial charge on any atom is -0.496 e. The molecule has 1 aliphatic heterocycles. The van der Waals surface area contributed by atoms with Gasteiger partial charge < -0.3 is 15.4 Å². The van der Waals surface area contributed by atoms with E-state index in [1.165, 1.54) is 0 Å². The molecule has 0 aliphatic carbocycles. The van der Waals surface area contributed by atoms with Crippen LogP contribution < -0.4 is 15.4 Å². The Morgan fingerprint density at radius 3 is 2.64 bits per heavy atom. The van der Waals surface area contributed by atoms with Gasteiger partial charge >= 0.3 is 0 Å². The standard InChI is InChI=1S/C24H24Cl2N4O3/c1-5-13-10-15(7-9-18(13)33-4)23(31)27-21-20(14-6-8-16(25)17(26)11-14)19-12(2)29-30(3)22(19)28-24(21)32/h6-11,20-21H,5H2,1-4H3,(H,27,31)(H,28,32)/t20-,21-/m1/s1. The number of methoxy groups -OCH3 is 1. The zero-order valence-electron chi connectivity index (χ0n) is 18.7. The number of ether oxygens (including phenoxy) is 1. The molecule has 33 heavy (non-hydrogen) atoms. The average Bonchev–Trinajstić information content (AvgIpc) is 3.08. The van der Waals surface area contributed by atoms with Crippen LogP contribution in [-0.4, -0.2) is 34.7 Å². The number of aryl methyl sites for hydroxylation is 3. The molecule has 9 heteroatoms. The largest absolute Gasteiger partial charge is 0.496 e. The molecule has 0 unspecified atom stereocenters. The maximum Gasteiger partial charge on any atom is 0.251 e. The summed E-state index contributed by atoms with van der Waals surface area (Å²) in [5.41, 5.74) is 3.68.